The number of H-pyrrole nitrogens is 1. The molecule has 1 atom stereocenters. The Bertz CT molecular complexity index is 1820. The number of sulfonamides is 1. The molecule has 1 fully saturated rings. The molecule has 0 aliphatic carbocycles. The van der Waals surface area contributed by atoms with Crippen LogP contribution in [0.4, 0.5) is 32.0 Å². The van der Waals surface area contributed by atoms with Gasteiger partial charge in [0.15, 0.2) is 0 Å². The van der Waals surface area contributed by atoms with Crippen LogP contribution in [-0.4, -0.2) is 66.9 Å². The number of alkyl halides is 6. The number of hydrogen-bond acceptors (Lipinski definition) is 4. The largest absolute Gasteiger partial charge is 0.416 e. The quantitative estimate of drug-likeness (QED) is 0.258. The highest BCUT2D eigenvalue weighted by Crippen LogP contribution is 2.37. The summed E-state index contributed by atoms with van der Waals surface area (Å²) in [7, 11) is -3.55. The number of amides is 2. The van der Waals surface area contributed by atoms with E-state index < -0.39 is 56.9 Å². The standard InChI is InChI=1S/C30H26F6N4O4S/c1-45(43,44)38-23-8-6-18(7-9-23)27(41)39-10-11-40(24(17-39)14-20-16-37-26-5-3-2-4-25(20)26)28(42)19-12-21(29(31,32)33)15-22(13-19)30(34,35)36/h2-9,12-13,15-16,24,37-38H,10-11,14,17H2,1H3. The highest BCUT2D eigenvalue weighted by molar-refractivity contribution is 7.92. The SMILES string of the molecule is CS(=O)(=O)Nc1ccc(C(=O)N2CCN(C(=O)c3cc(C(F)(F)F)cc(C(F)(F)F)c3)C(Cc3c[nH]c4ccccc34)C2)cc1. The summed E-state index contributed by atoms with van der Waals surface area (Å²) in [4.78, 5) is 32.9. The molecule has 1 aliphatic heterocycles. The summed E-state index contributed by atoms with van der Waals surface area (Å²) in [5.41, 5.74) is -2.00. The number of aromatic amines is 1. The Hall–Kier alpha value is -4.53. The zero-order valence-electron chi connectivity index (χ0n) is 23.5. The molecule has 3 aromatic carbocycles. The number of nitrogens with one attached hydrogen (secondary N) is 2. The molecule has 1 aromatic heterocycles. The van der Waals surface area contributed by atoms with Crippen molar-refractivity contribution in [3.8, 4) is 0 Å². The van der Waals surface area contributed by atoms with Crippen LogP contribution in [0.15, 0.2) is 72.9 Å². The zero-order chi connectivity index (χ0) is 32.7. The number of anilines is 1. The summed E-state index contributed by atoms with van der Waals surface area (Å²) in [5.74, 6) is -1.48. The van der Waals surface area contributed by atoms with Crippen LogP contribution in [-0.2, 0) is 28.8 Å². The van der Waals surface area contributed by atoms with Crippen LogP contribution in [0, 0.1) is 0 Å². The van der Waals surface area contributed by atoms with Crippen LogP contribution in [0.2, 0.25) is 0 Å². The number of benzene rings is 3. The maximum atomic E-state index is 13.7. The van der Waals surface area contributed by atoms with Crippen LogP contribution >= 0.6 is 0 Å². The number of nitrogens with zero attached hydrogens (tertiary/aromatic N) is 2. The van der Waals surface area contributed by atoms with Gasteiger partial charge >= 0.3 is 12.4 Å². The molecule has 0 spiro atoms. The van der Waals surface area contributed by atoms with Crippen molar-refractivity contribution in [2.75, 3.05) is 30.6 Å². The Morgan fingerprint density at radius 2 is 1.49 bits per heavy atom. The molecule has 45 heavy (non-hydrogen) atoms. The van der Waals surface area contributed by atoms with Gasteiger partial charge in [0.2, 0.25) is 10.0 Å². The first-order valence-electron chi connectivity index (χ1n) is 13.5. The van der Waals surface area contributed by atoms with Crippen molar-refractivity contribution in [3.63, 3.8) is 0 Å². The minimum Gasteiger partial charge on any atom is -0.361 e. The lowest BCUT2D eigenvalue weighted by atomic mass is 9.98. The van der Waals surface area contributed by atoms with Gasteiger partial charge in [-0.3, -0.25) is 14.3 Å². The second kappa shape index (κ2) is 11.8. The lowest BCUT2D eigenvalue weighted by Gasteiger charge is -2.42. The van der Waals surface area contributed by atoms with Crippen molar-refractivity contribution in [1.82, 2.24) is 14.8 Å². The van der Waals surface area contributed by atoms with Crippen molar-refractivity contribution < 1.29 is 44.3 Å². The number of para-hydroxylation sites is 1. The highest BCUT2D eigenvalue weighted by Gasteiger charge is 2.39. The molecule has 0 bridgehead atoms. The molecule has 4 aromatic rings. The molecule has 238 valence electrons. The molecule has 8 nitrogen and oxygen atoms in total. The molecule has 1 saturated heterocycles. The monoisotopic (exact) mass is 652 g/mol. The number of carbonyl (C=O) groups is 2. The smallest absolute Gasteiger partial charge is 0.361 e. The number of hydrogen-bond donors (Lipinski definition) is 2. The van der Waals surface area contributed by atoms with Crippen molar-refractivity contribution in [2.24, 2.45) is 0 Å². The molecule has 0 radical (unpaired) electrons. The minimum atomic E-state index is -5.13. The molecule has 2 N–H and O–H groups in total. The predicted molar refractivity (Wildman–Crippen MR) is 154 cm³/mol. The molecule has 2 amide bonds. The lowest BCUT2D eigenvalue weighted by molar-refractivity contribution is -0.143. The number of carbonyl (C=O) groups excluding carboxylic acids is 2. The highest BCUT2D eigenvalue weighted by atomic mass is 32.2. The van der Waals surface area contributed by atoms with Gasteiger partial charge in [0.05, 0.1) is 23.4 Å². The van der Waals surface area contributed by atoms with Gasteiger partial charge in [-0.2, -0.15) is 26.3 Å². The van der Waals surface area contributed by atoms with Gasteiger partial charge in [0.25, 0.3) is 11.8 Å². The van der Waals surface area contributed by atoms with E-state index in [-0.39, 0.29) is 43.4 Å². The summed E-state index contributed by atoms with van der Waals surface area (Å²) in [6.45, 7) is -0.287. The van der Waals surface area contributed by atoms with Gasteiger partial charge < -0.3 is 14.8 Å². The second-order valence-electron chi connectivity index (χ2n) is 10.7. The van der Waals surface area contributed by atoms with E-state index in [0.29, 0.717) is 12.1 Å². The third-order valence-electron chi connectivity index (χ3n) is 7.43. The predicted octanol–water partition coefficient (Wildman–Crippen LogP) is 5.79. The molecule has 0 saturated carbocycles. The van der Waals surface area contributed by atoms with Gasteiger partial charge in [-0.15, -0.1) is 0 Å². The Morgan fingerprint density at radius 3 is 2.09 bits per heavy atom. The number of halogens is 6. The zero-order valence-corrected chi connectivity index (χ0v) is 24.4. The van der Waals surface area contributed by atoms with E-state index in [4.69, 9.17) is 0 Å². The Kier molecular flexibility index (Phi) is 8.33. The van der Waals surface area contributed by atoms with E-state index in [0.717, 1.165) is 22.7 Å². The van der Waals surface area contributed by atoms with Gasteiger partial charge in [0.1, 0.15) is 0 Å². The van der Waals surface area contributed by atoms with E-state index in [1.165, 1.54) is 34.1 Å². The first-order chi connectivity index (χ1) is 21.0. The van der Waals surface area contributed by atoms with Crippen molar-refractivity contribution in [2.45, 2.75) is 24.8 Å². The normalized spacial score (nSPS) is 16.2. The number of fused-ring (bicyclic) bond motifs is 1. The van der Waals surface area contributed by atoms with E-state index in [2.05, 4.69) is 9.71 Å². The molecular weight excluding hydrogens is 626 g/mol. The first kappa shape index (κ1) is 31.9. The number of rotatable bonds is 6. The van der Waals surface area contributed by atoms with Gasteiger partial charge in [-0.1, -0.05) is 18.2 Å². The van der Waals surface area contributed by atoms with E-state index in [1.54, 1.807) is 12.3 Å². The molecule has 2 heterocycles. The van der Waals surface area contributed by atoms with Crippen molar-refractivity contribution >= 4 is 38.4 Å². The number of aromatic nitrogens is 1. The maximum absolute atomic E-state index is 13.7. The van der Waals surface area contributed by atoms with Crippen molar-refractivity contribution in [1.29, 1.82) is 0 Å². The summed E-state index contributed by atoms with van der Waals surface area (Å²) in [5, 5.41) is 0.806. The fourth-order valence-electron chi connectivity index (χ4n) is 5.36. The Labute approximate surface area is 253 Å². The summed E-state index contributed by atoms with van der Waals surface area (Å²) in [6, 6.07) is 12.9. The fraction of sp³-hybridized carbons (Fsp3) is 0.267. The van der Waals surface area contributed by atoms with Crippen molar-refractivity contribution in [3.05, 3.63) is 101 Å². The van der Waals surface area contributed by atoms with E-state index in [1.807, 2.05) is 18.2 Å². The molecular formula is C30H26F6N4O4S. The van der Waals surface area contributed by atoms with E-state index in [9.17, 15) is 44.3 Å². The number of piperazine rings is 1. The molecule has 1 unspecified atom stereocenters. The van der Waals surface area contributed by atoms with Gasteiger partial charge in [-0.25, -0.2) is 8.42 Å². The van der Waals surface area contributed by atoms with Gasteiger partial charge in [-0.05, 0) is 60.5 Å². The fourth-order valence-corrected chi connectivity index (χ4v) is 5.92. The topological polar surface area (TPSA) is 103 Å². The van der Waals surface area contributed by atoms with Crippen LogP contribution in [0.5, 0.6) is 0 Å². The summed E-state index contributed by atoms with van der Waals surface area (Å²) >= 11 is 0. The molecule has 1 aliphatic rings. The summed E-state index contributed by atoms with van der Waals surface area (Å²) < 4.78 is 107. The average Bonchev–Trinajstić information content (AvgIpc) is 3.37. The Balaban J connectivity index is 1.47. The maximum Gasteiger partial charge on any atom is 0.416 e. The minimum absolute atomic E-state index is 0.0342. The van der Waals surface area contributed by atoms with Gasteiger partial charge in [0, 0.05) is 53.5 Å². The molecule has 5 rings (SSSR count). The molecule has 15 heteroatoms. The van der Waals surface area contributed by atoms with Crippen LogP contribution in [0.3, 0.4) is 0 Å². The average molecular weight is 653 g/mol. The summed E-state index contributed by atoms with van der Waals surface area (Å²) in [6.07, 6.45) is -7.44. The van der Waals surface area contributed by atoms with Crippen LogP contribution in [0.25, 0.3) is 10.9 Å². The third-order valence-corrected chi connectivity index (χ3v) is 8.04. The van der Waals surface area contributed by atoms with Crippen LogP contribution in [0.1, 0.15) is 37.4 Å². The lowest BCUT2D eigenvalue weighted by Crippen LogP contribution is -2.57. The van der Waals surface area contributed by atoms with E-state index >= 15 is 0 Å². The Morgan fingerprint density at radius 1 is 0.867 bits per heavy atom. The van der Waals surface area contributed by atoms with Crippen LogP contribution < -0.4 is 4.72 Å². The first-order valence-corrected chi connectivity index (χ1v) is 15.4. The second-order valence-corrected chi connectivity index (χ2v) is 12.5. The third kappa shape index (κ3) is 7.24.